The maximum absolute atomic E-state index is 12.4. The Morgan fingerprint density at radius 3 is 2.84 bits per heavy atom. The number of nitrogens with two attached hydrogens (primary N) is 1. The van der Waals surface area contributed by atoms with Crippen molar-refractivity contribution in [3.05, 3.63) is 41.5 Å². The lowest BCUT2D eigenvalue weighted by molar-refractivity contribution is -0.119. The molecule has 7 heteroatoms. The molecule has 0 bridgehead atoms. The molecule has 0 aliphatic carbocycles. The highest BCUT2D eigenvalue weighted by Gasteiger charge is 2.26. The number of carbonyl (C=O) groups excluding carboxylic acids is 1. The zero-order valence-corrected chi connectivity index (χ0v) is 14.7. The predicted octanol–water partition coefficient (Wildman–Crippen LogP) is 1.64. The first-order chi connectivity index (χ1) is 12.0. The molecule has 1 aromatic carbocycles. The van der Waals surface area contributed by atoms with Crippen molar-refractivity contribution < 1.29 is 9.53 Å². The predicted molar refractivity (Wildman–Crippen MR) is 95.2 cm³/mol. The van der Waals surface area contributed by atoms with Crippen LogP contribution in [0.2, 0.25) is 0 Å². The first-order valence-electron chi connectivity index (χ1n) is 8.64. The number of nitrogens with one attached hydrogen (secondary N) is 1. The zero-order chi connectivity index (χ0) is 17.8. The number of hydrogen-bond acceptors (Lipinski definition) is 5. The van der Waals surface area contributed by atoms with E-state index in [0.717, 1.165) is 35.7 Å². The van der Waals surface area contributed by atoms with E-state index in [1.807, 2.05) is 42.8 Å². The highest BCUT2D eigenvalue weighted by Crippen LogP contribution is 2.19. The van der Waals surface area contributed by atoms with Crippen LogP contribution >= 0.6 is 0 Å². The molecule has 1 atom stereocenters. The van der Waals surface area contributed by atoms with Gasteiger partial charge in [0, 0.05) is 18.9 Å². The van der Waals surface area contributed by atoms with Crippen LogP contribution in [0.3, 0.4) is 0 Å². The second-order valence-corrected chi connectivity index (χ2v) is 6.53. The van der Waals surface area contributed by atoms with Crippen molar-refractivity contribution in [2.24, 2.45) is 11.7 Å². The van der Waals surface area contributed by atoms with Gasteiger partial charge < -0.3 is 15.8 Å². The molecular weight excluding hydrogens is 318 g/mol. The standard InChI is InChI=1S/C18H25N5O2/c1-12-20-13(2)23(22-12)11-14-4-3-5-16(10-14)21-18(24)17(19)15-6-8-25-9-7-15/h3-5,10,15,17H,6-9,11,19H2,1-2H3,(H,21,24). The van der Waals surface area contributed by atoms with Gasteiger partial charge in [-0.3, -0.25) is 4.79 Å². The smallest absolute Gasteiger partial charge is 0.241 e. The second kappa shape index (κ2) is 7.76. The second-order valence-electron chi connectivity index (χ2n) is 6.53. The molecule has 2 heterocycles. The summed E-state index contributed by atoms with van der Waals surface area (Å²) in [6.45, 7) is 5.77. The van der Waals surface area contributed by atoms with Crippen LogP contribution in [0.4, 0.5) is 5.69 Å². The number of amides is 1. The fraction of sp³-hybridized carbons (Fsp3) is 0.500. The Morgan fingerprint density at radius 1 is 1.40 bits per heavy atom. The van der Waals surface area contributed by atoms with Crippen LogP contribution in [0.5, 0.6) is 0 Å². The highest BCUT2D eigenvalue weighted by atomic mass is 16.5. The molecule has 1 saturated heterocycles. The summed E-state index contributed by atoms with van der Waals surface area (Å²) >= 11 is 0. The minimum absolute atomic E-state index is 0.142. The van der Waals surface area contributed by atoms with Crippen molar-refractivity contribution in [2.75, 3.05) is 18.5 Å². The Hall–Kier alpha value is -2.25. The van der Waals surface area contributed by atoms with Gasteiger partial charge in [-0.1, -0.05) is 12.1 Å². The Morgan fingerprint density at radius 2 is 2.16 bits per heavy atom. The molecule has 1 unspecified atom stereocenters. The molecule has 1 fully saturated rings. The van der Waals surface area contributed by atoms with Gasteiger partial charge in [0.25, 0.3) is 0 Å². The Kier molecular flexibility index (Phi) is 5.45. The number of rotatable bonds is 5. The summed E-state index contributed by atoms with van der Waals surface area (Å²) < 4.78 is 7.18. The molecule has 3 N–H and O–H groups in total. The molecule has 25 heavy (non-hydrogen) atoms. The number of anilines is 1. The minimum Gasteiger partial charge on any atom is -0.381 e. The van der Waals surface area contributed by atoms with E-state index in [-0.39, 0.29) is 11.8 Å². The number of carbonyl (C=O) groups is 1. The Bertz CT molecular complexity index is 737. The number of aromatic nitrogens is 3. The van der Waals surface area contributed by atoms with E-state index in [0.29, 0.717) is 19.8 Å². The number of aryl methyl sites for hydroxylation is 2. The molecule has 0 radical (unpaired) electrons. The van der Waals surface area contributed by atoms with Gasteiger partial charge >= 0.3 is 0 Å². The largest absolute Gasteiger partial charge is 0.381 e. The normalized spacial score (nSPS) is 16.6. The minimum atomic E-state index is -0.507. The highest BCUT2D eigenvalue weighted by molar-refractivity contribution is 5.94. The van der Waals surface area contributed by atoms with Crippen molar-refractivity contribution in [3.63, 3.8) is 0 Å². The van der Waals surface area contributed by atoms with Crippen LogP contribution in [-0.4, -0.2) is 39.9 Å². The first kappa shape index (κ1) is 17.6. The van der Waals surface area contributed by atoms with E-state index < -0.39 is 6.04 Å². The number of nitrogens with zero attached hydrogens (tertiary/aromatic N) is 3. The average molecular weight is 343 g/mol. The van der Waals surface area contributed by atoms with E-state index in [1.165, 1.54) is 0 Å². The molecule has 134 valence electrons. The van der Waals surface area contributed by atoms with Gasteiger partial charge in [0.2, 0.25) is 5.91 Å². The number of ether oxygens (including phenoxy) is 1. The molecule has 1 aliphatic heterocycles. The fourth-order valence-corrected chi connectivity index (χ4v) is 3.15. The summed E-state index contributed by atoms with van der Waals surface area (Å²) in [5.41, 5.74) is 7.93. The van der Waals surface area contributed by atoms with Crippen molar-refractivity contribution in [1.82, 2.24) is 14.8 Å². The fourth-order valence-electron chi connectivity index (χ4n) is 3.15. The molecule has 1 aromatic heterocycles. The summed E-state index contributed by atoms with van der Waals surface area (Å²) in [5, 5.41) is 7.31. The maximum atomic E-state index is 12.4. The Balaban J connectivity index is 1.64. The van der Waals surface area contributed by atoms with Gasteiger partial charge in [-0.15, -0.1) is 0 Å². The van der Waals surface area contributed by atoms with Gasteiger partial charge in [0.05, 0.1) is 12.6 Å². The third kappa shape index (κ3) is 4.43. The summed E-state index contributed by atoms with van der Waals surface area (Å²) in [7, 11) is 0. The number of benzene rings is 1. The lowest BCUT2D eigenvalue weighted by Gasteiger charge is -2.26. The summed E-state index contributed by atoms with van der Waals surface area (Å²) in [6, 6.07) is 7.24. The van der Waals surface area contributed by atoms with Gasteiger partial charge in [0.1, 0.15) is 11.6 Å². The molecule has 0 spiro atoms. The summed E-state index contributed by atoms with van der Waals surface area (Å²) in [5.74, 6) is 1.66. The monoisotopic (exact) mass is 343 g/mol. The van der Waals surface area contributed by atoms with Crippen LogP contribution in [0.25, 0.3) is 0 Å². The molecule has 7 nitrogen and oxygen atoms in total. The molecule has 3 rings (SSSR count). The molecule has 2 aromatic rings. The molecule has 1 aliphatic rings. The molecular formula is C18H25N5O2. The van der Waals surface area contributed by atoms with Gasteiger partial charge in [-0.2, -0.15) is 5.10 Å². The lowest BCUT2D eigenvalue weighted by Crippen LogP contribution is -2.44. The summed E-state index contributed by atoms with van der Waals surface area (Å²) in [6.07, 6.45) is 1.67. The van der Waals surface area contributed by atoms with Gasteiger partial charge in [0.15, 0.2) is 0 Å². The van der Waals surface area contributed by atoms with E-state index in [4.69, 9.17) is 10.5 Å². The maximum Gasteiger partial charge on any atom is 0.241 e. The van der Waals surface area contributed by atoms with Gasteiger partial charge in [-0.25, -0.2) is 9.67 Å². The summed E-state index contributed by atoms with van der Waals surface area (Å²) in [4.78, 5) is 16.7. The lowest BCUT2D eigenvalue weighted by atomic mass is 9.92. The van der Waals surface area contributed by atoms with E-state index in [2.05, 4.69) is 15.4 Å². The van der Waals surface area contributed by atoms with Crippen LogP contribution in [0, 0.1) is 19.8 Å². The van der Waals surface area contributed by atoms with Crippen molar-refractivity contribution >= 4 is 11.6 Å². The molecule has 0 saturated carbocycles. The van der Waals surface area contributed by atoms with Crippen molar-refractivity contribution in [3.8, 4) is 0 Å². The van der Waals surface area contributed by atoms with Crippen LogP contribution in [-0.2, 0) is 16.1 Å². The molecule has 1 amide bonds. The number of hydrogen-bond donors (Lipinski definition) is 2. The zero-order valence-electron chi connectivity index (χ0n) is 14.7. The van der Waals surface area contributed by atoms with Crippen molar-refractivity contribution in [1.29, 1.82) is 0 Å². The Labute approximate surface area is 147 Å². The topological polar surface area (TPSA) is 95.1 Å². The van der Waals surface area contributed by atoms with Crippen LogP contribution in [0.15, 0.2) is 24.3 Å². The van der Waals surface area contributed by atoms with E-state index >= 15 is 0 Å². The quantitative estimate of drug-likeness (QED) is 0.860. The SMILES string of the molecule is Cc1nc(C)n(Cc2cccc(NC(=O)C(N)C3CCOCC3)c2)n1. The first-order valence-corrected chi connectivity index (χ1v) is 8.64. The van der Waals surface area contributed by atoms with Gasteiger partial charge in [-0.05, 0) is 50.3 Å². The average Bonchev–Trinajstić information content (AvgIpc) is 2.92. The third-order valence-corrected chi connectivity index (χ3v) is 4.57. The van der Waals surface area contributed by atoms with Crippen molar-refractivity contribution in [2.45, 2.75) is 39.3 Å². The van der Waals surface area contributed by atoms with Crippen LogP contribution in [0.1, 0.15) is 30.1 Å². The van der Waals surface area contributed by atoms with E-state index in [9.17, 15) is 4.79 Å². The third-order valence-electron chi connectivity index (χ3n) is 4.57. The van der Waals surface area contributed by atoms with E-state index in [1.54, 1.807) is 0 Å². The van der Waals surface area contributed by atoms with Crippen LogP contribution < -0.4 is 11.1 Å².